The van der Waals surface area contributed by atoms with Crippen LogP contribution in [-0.4, -0.2) is 9.78 Å². The van der Waals surface area contributed by atoms with Gasteiger partial charge in [-0.05, 0) is 41.3 Å². The van der Waals surface area contributed by atoms with Crippen molar-refractivity contribution in [1.82, 2.24) is 9.78 Å². The van der Waals surface area contributed by atoms with Crippen LogP contribution < -0.4 is 4.74 Å². The lowest BCUT2D eigenvalue weighted by molar-refractivity contribution is -0.137. The Balaban J connectivity index is 1.50. The largest absolute Gasteiger partial charge is 0.489 e. The SMILES string of the molecule is CCn1cc(-c2ccc(COc3ccc(-c4ccccc4)c(C(F)(F)F)c3)cc2)cn1. The van der Waals surface area contributed by atoms with Crippen LogP contribution in [-0.2, 0) is 19.3 Å². The van der Waals surface area contributed by atoms with E-state index in [0.29, 0.717) is 5.56 Å². The van der Waals surface area contributed by atoms with Crippen molar-refractivity contribution in [3.8, 4) is 28.0 Å². The molecule has 0 N–H and O–H groups in total. The predicted octanol–water partition coefficient (Wildman–Crippen LogP) is 6.83. The lowest BCUT2D eigenvalue weighted by Crippen LogP contribution is -2.08. The molecule has 0 radical (unpaired) electrons. The first-order valence-electron chi connectivity index (χ1n) is 9.95. The van der Waals surface area contributed by atoms with Gasteiger partial charge in [0, 0.05) is 18.3 Å². The summed E-state index contributed by atoms with van der Waals surface area (Å²) in [5, 5.41) is 4.27. The number of benzene rings is 3. The minimum atomic E-state index is -4.48. The molecule has 0 atom stereocenters. The molecule has 6 heteroatoms. The molecule has 0 aliphatic rings. The smallest absolute Gasteiger partial charge is 0.417 e. The molecule has 0 amide bonds. The van der Waals surface area contributed by atoms with E-state index in [0.717, 1.165) is 29.3 Å². The summed E-state index contributed by atoms with van der Waals surface area (Å²) in [7, 11) is 0. The van der Waals surface area contributed by atoms with Crippen molar-refractivity contribution < 1.29 is 17.9 Å². The number of alkyl halides is 3. The average molecular weight is 422 g/mol. The predicted molar refractivity (Wildman–Crippen MR) is 115 cm³/mol. The second-order valence-electron chi connectivity index (χ2n) is 7.14. The number of halogens is 3. The molecule has 0 saturated heterocycles. The standard InChI is InChI=1S/C25H21F3N2O/c1-2-30-16-21(15-29-30)19-10-8-18(9-11-19)17-31-22-12-13-23(20-6-4-3-5-7-20)24(14-22)25(26,27)28/h3-16H,2,17H2,1H3. The molecule has 158 valence electrons. The van der Waals surface area contributed by atoms with Crippen molar-refractivity contribution in [2.75, 3.05) is 0 Å². The highest BCUT2D eigenvalue weighted by Gasteiger charge is 2.34. The zero-order valence-corrected chi connectivity index (χ0v) is 16.9. The third kappa shape index (κ3) is 4.79. The van der Waals surface area contributed by atoms with E-state index in [9.17, 15) is 13.2 Å². The van der Waals surface area contributed by atoms with Crippen LogP contribution in [0.2, 0.25) is 0 Å². The fourth-order valence-electron chi connectivity index (χ4n) is 3.36. The van der Waals surface area contributed by atoms with E-state index in [1.807, 2.05) is 48.3 Å². The molecule has 3 aromatic carbocycles. The summed E-state index contributed by atoms with van der Waals surface area (Å²) in [4.78, 5) is 0. The summed E-state index contributed by atoms with van der Waals surface area (Å²) in [6, 6.07) is 20.4. The molecule has 0 unspecified atom stereocenters. The van der Waals surface area contributed by atoms with Crippen molar-refractivity contribution in [3.05, 3.63) is 96.3 Å². The van der Waals surface area contributed by atoms with Gasteiger partial charge in [0.15, 0.2) is 0 Å². The molecular formula is C25H21F3N2O. The molecule has 1 aromatic heterocycles. The van der Waals surface area contributed by atoms with E-state index in [1.54, 1.807) is 36.4 Å². The monoisotopic (exact) mass is 422 g/mol. The number of hydrogen-bond acceptors (Lipinski definition) is 2. The van der Waals surface area contributed by atoms with Crippen LogP contribution in [0.3, 0.4) is 0 Å². The summed E-state index contributed by atoms with van der Waals surface area (Å²) >= 11 is 0. The summed E-state index contributed by atoms with van der Waals surface area (Å²) in [6.07, 6.45) is -0.699. The van der Waals surface area contributed by atoms with Gasteiger partial charge >= 0.3 is 6.18 Å². The molecule has 0 bridgehead atoms. The van der Waals surface area contributed by atoms with Crippen molar-refractivity contribution >= 4 is 0 Å². The van der Waals surface area contributed by atoms with Gasteiger partial charge in [-0.2, -0.15) is 18.3 Å². The van der Waals surface area contributed by atoms with Crippen LogP contribution in [0.4, 0.5) is 13.2 Å². The lowest BCUT2D eigenvalue weighted by Gasteiger charge is -2.15. The molecule has 0 fully saturated rings. The van der Waals surface area contributed by atoms with Gasteiger partial charge < -0.3 is 4.74 Å². The highest BCUT2D eigenvalue weighted by Crippen LogP contribution is 2.39. The Morgan fingerprint density at radius 2 is 1.61 bits per heavy atom. The molecule has 0 aliphatic carbocycles. The van der Waals surface area contributed by atoms with Gasteiger partial charge in [-0.3, -0.25) is 4.68 Å². The summed E-state index contributed by atoms with van der Waals surface area (Å²) < 4.78 is 48.5. The molecule has 4 rings (SSSR count). The molecule has 0 spiro atoms. The van der Waals surface area contributed by atoms with Crippen molar-refractivity contribution in [2.24, 2.45) is 0 Å². The van der Waals surface area contributed by atoms with Crippen LogP contribution in [0.1, 0.15) is 18.1 Å². The van der Waals surface area contributed by atoms with Gasteiger partial charge in [0.25, 0.3) is 0 Å². The minimum absolute atomic E-state index is 0.137. The number of nitrogens with zero attached hydrogens (tertiary/aromatic N) is 2. The molecular weight excluding hydrogens is 401 g/mol. The quantitative estimate of drug-likeness (QED) is 0.340. The maximum Gasteiger partial charge on any atom is 0.417 e. The fraction of sp³-hybridized carbons (Fsp3) is 0.160. The highest BCUT2D eigenvalue weighted by molar-refractivity contribution is 5.69. The molecule has 31 heavy (non-hydrogen) atoms. The number of rotatable bonds is 6. The third-order valence-electron chi connectivity index (χ3n) is 5.03. The maximum absolute atomic E-state index is 13.6. The molecule has 0 aliphatic heterocycles. The van der Waals surface area contributed by atoms with E-state index in [-0.39, 0.29) is 17.9 Å². The van der Waals surface area contributed by atoms with E-state index < -0.39 is 11.7 Å². The van der Waals surface area contributed by atoms with Crippen LogP contribution in [0.5, 0.6) is 5.75 Å². The Morgan fingerprint density at radius 3 is 2.26 bits per heavy atom. The van der Waals surface area contributed by atoms with Gasteiger partial charge in [0.1, 0.15) is 12.4 Å². The van der Waals surface area contributed by atoms with E-state index in [2.05, 4.69) is 5.10 Å². The summed E-state index contributed by atoms with van der Waals surface area (Å²) in [5.74, 6) is 0.181. The van der Waals surface area contributed by atoms with Gasteiger partial charge in [-0.25, -0.2) is 0 Å². The Kier molecular flexibility index (Phi) is 5.80. The normalized spacial score (nSPS) is 11.5. The Hall–Kier alpha value is -3.54. The van der Waals surface area contributed by atoms with Gasteiger partial charge in [0.05, 0.1) is 11.8 Å². The lowest BCUT2D eigenvalue weighted by atomic mass is 9.99. The second-order valence-corrected chi connectivity index (χ2v) is 7.14. The highest BCUT2D eigenvalue weighted by atomic mass is 19.4. The minimum Gasteiger partial charge on any atom is -0.489 e. The van der Waals surface area contributed by atoms with Crippen molar-refractivity contribution in [2.45, 2.75) is 26.3 Å². The first-order valence-corrected chi connectivity index (χ1v) is 9.95. The number of hydrogen-bond donors (Lipinski definition) is 0. The van der Waals surface area contributed by atoms with Gasteiger partial charge in [-0.15, -0.1) is 0 Å². The van der Waals surface area contributed by atoms with Crippen LogP contribution in [0, 0.1) is 0 Å². The maximum atomic E-state index is 13.6. The Morgan fingerprint density at radius 1 is 0.871 bits per heavy atom. The first-order chi connectivity index (χ1) is 14.9. The third-order valence-corrected chi connectivity index (χ3v) is 5.03. The summed E-state index contributed by atoms with van der Waals surface area (Å²) in [6.45, 7) is 3.00. The number of aryl methyl sites for hydroxylation is 1. The molecule has 3 nitrogen and oxygen atoms in total. The molecule has 0 saturated carbocycles. The molecule has 4 aromatic rings. The second kappa shape index (κ2) is 8.68. The van der Waals surface area contributed by atoms with Gasteiger partial charge in [0.2, 0.25) is 0 Å². The van der Waals surface area contributed by atoms with Gasteiger partial charge in [-0.1, -0.05) is 60.7 Å². The van der Waals surface area contributed by atoms with Crippen LogP contribution in [0.15, 0.2) is 85.2 Å². The Labute approximate surface area is 178 Å². The van der Waals surface area contributed by atoms with E-state index >= 15 is 0 Å². The van der Waals surface area contributed by atoms with E-state index in [1.165, 1.54) is 6.07 Å². The van der Waals surface area contributed by atoms with Crippen molar-refractivity contribution in [1.29, 1.82) is 0 Å². The molecule has 1 heterocycles. The number of aromatic nitrogens is 2. The zero-order chi connectivity index (χ0) is 21.8. The first kappa shape index (κ1) is 20.7. The number of ether oxygens (including phenoxy) is 1. The van der Waals surface area contributed by atoms with Crippen LogP contribution >= 0.6 is 0 Å². The van der Waals surface area contributed by atoms with Crippen LogP contribution in [0.25, 0.3) is 22.3 Å². The topological polar surface area (TPSA) is 27.1 Å². The van der Waals surface area contributed by atoms with Crippen molar-refractivity contribution in [3.63, 3.8) is 0 Å². The Bertz CT molecular complexity index is 1150. The summed E-state index contributed by atoms with van der Waals surface area (Å²) in [5.41, 5.74) is 2.85. The van der Waals surface area contributed by atoms with E-state index in [4.69, 9.17) is 4.74 Å². The average Bonchev–Trinajstić information content (AvgIpc) is 3.27. The fourth-order valence-corrected chi connectivity index (χ4v) is 3.36. The zero-order valence-electron chi connectivity index (χ0n) is 16.9.